The number of hydrogen-bond donors (Lipinski definition) is 3. The quantitative estimate of drug-likeness (QED) is 0.211. The Hall–Kier alpha value is -1.18. The Morgan fingerprint density at radius 2 is 1.96 bits per heavy atom. The second-order valence-corrected chi connectivity index (χ2v) is 8.92. The number of halogens is 1. The summed E-state index contributed by atoms with van der Waals surface area (Å²) in [6, 6.07) is 3.40. The molecule has 0 unspecified atom stereocenters. The minimum absolute atomic E-state index is 0. The molecule has 0 atom stereocenters. The lowest BCUT2D eigenvalue weighted by molar-refractivity contribution is 0.473. The highest BCUT2D eigenvalue weighted by atomic mass is 127. The Morgan fingerprint density at radius 3 is 2.52 bits per heavy atom. The number of aryl methyl sites for hydroxylation is 3. The number of thiophene rings is 1. The van der Waals surface area contributed by atoms with Crippen LogP contribution in [0, 0.1) is 20.8 Å². The molecule has 2 heterocycles. The molecule has 2 aromatic heterocycles. The highest BCUT2D eigenvalue weighted by molar-refractivity contribution is 14.0. The third-order valence-electron chi connectivity index (χ3n) is 3.48. The smallest absolute Gasteiger partial charge is 0.250 e. The number of aliphatic imine (C=N–C) groups is 1. The van der Waals surface area contributed by atoms with Crippen molar-refractivity contribution in [3.63, 3.8) is 0 Å². The summed E-state index contributed by atoms with van der Waals surface area (Å²) in [5.74, 6) is 1.91. The van der Waals surface area contributed by atoms with E-state index in [2.05, 4.69) is 25.3 Å². The van der Waals surface area contributed by atoms with E-state index in [1.165, 1.54) is 11.3 Å². The molecule has 11 heteroatoms. The molecule has 3 N–H and O–H groups in total. The van der Waals surface area contributed by atoms with Crippen LogP contribution < -0.4 is 15.4 Å². The number of sulfonamides is 1. The summed E-state index contributed by atoms with van der Waals surface area (Å²) in [7, 11) is -3.46. The van der Waals surface area contributed by atoms with Crippen LogP contribution in [0.2, 0.25) is 0 Å². The molecule has 0 aliphatic heterocycles. The molecule has 2 rings (SSSR count). The summed E-state index contributed by atoms with van der Waals surface area (Å²) in [6.07, 6.45) is 0. The van der Waals surface area contributed by atoms with Gasteiger partial charge in [0.25, 0.3) is 0 Å². The van der Waals surface area contributed by atoms with Crippen LogP contribution in [0.5, 0.6) is 0 Å². The molecule has 0 saturated heterocycles. The Bertz CT molecular complexity index is 842. The van der Waals surface area contributed by atoms with Crippen molar-refractivity contribution >= 4 is 51.3 Å². The summed E-state index contributed by atoms with van der Waals surface area (Å²) < 4.78 is 32.7. The van der Waals surface area contributed by atoms with Gasteiger partial charge in [-0.3, -0.25) is 0 Å². The van der Waals surface area contributed by atoms with E-state index in [0.717, 1.165) is 16.3 Å². The van der Waals surface area contributed by atoms with E-state index in [1.54, 1.807) is 12.1 Å². The molecule has 0 aliphatic carbocycles. The summed E-state index contributed by atoms with van der Waals surface area (Å²) in [5, 5.41) is 6.19. The molecule has 27 heavy (non-hydrogen) atoms. The van der Waals surface area contributed by atoms with Crippen molar-refractivity contribution in [1.29, 1.82) is 0 Å². The van der Waals surface area contributed by atoms with Crippen molar-refractivity contribution in [2.75, 3.05) is 19.6 Å². The van der Waals surface area contributed by atoms with E-state index in [0.29, 0.717) is 35.7 Å². The lowest BCUT2D eigenvalue weighted by Gasteiger charge is -2.11. The highest BCUT2D eigenvalue weighted by Gasteiger charge is 2.15. The van der Waals surface area contributed by atoms with Gasteiger partial charge in [-0.05, 0) is 39.8 Å². The van der Waals surface area contributed by atoms with Crippen molar-refractivity contribution in [1.82, 2.24) is 20.3 Å². The fourth-order valence-corrected chi connectivity index (χ4v) is 4.45. The van der Waals surface area contributed by atoms with Crippen LogP contribution >= 0.6 is 35.3 Å². The number of oxazole rings is 1. The monoisotopic (exact) mass is 527 g/mol. The maximum Gasteiger partial charge on any atom is 0.250 e. The molecule has 0 amide bonds. The summed E-state index contributed by atoms with van der Waals surface area (Å²) in [5.41, 5.74) is 0.853. The van der Waals surface area contributed by atoms with Crippen molar-refractivity contribution < 1.29 is 12.8 Å². The molecular formula is C16H26IN5O3S2. The van der Waals surface area contributed by atoms with Crippen molar-refractivity contribution in [3.05, 3.63) is 34.4 Å². The minimum Gasteiger partial charge on any atom is -0.444 e. The highest BCUT2D eigenvalue weighted by Crippen LogP contribution is 2.19. The number of nitrogens with zero attached hydrogens (tertiary/aromatic N) is 2. The maximum absolute atomic E-state index is 12.2. The number of nitrogens with one attached hydrogen (secondary N) is 3. The first kappa shape index (κ1) is 23.9. The fourth-order valence-electron chi connectivity index (χ4n) is 2.09. The standard InChI is InChI=1S/C16H25N5O3S2.HI/c1-5-17-16(19-10-14-21-12(3)13(4)24-14)18-8-9-20-26(22,23)15-7-6-11(2)25-15;/h6-7,20H,5,8-10H2,1-4H3,(H2,17,18,19);1H. The van der Waals surface area contributed by atoms with Crippen molar-refractivity contribution in [2.24, 2.45) is 4.99 Å². The molecule has 0 spiro atoms. The molecule has 8 nitrogen and oxygen atoms in total. The molecule has 0 aromatic carbocycles. The van der Waals surface area contributed by atoms with Gasteiger partial charge in [0.2, 0.25) is 15.9 Å². The molecular weight excluding hydrogens is 501 g/mol. The van der Waals surface area contributed by atoms with Gasteiger partial charge in [-0.25, -0.2) is 23.1 Å². The van der Waals surface area contributed by atoms with Crippen LogP contribution in [0.3, 0.4) is 0 Å². The Morgan fingerprint density at radius 1 is 1.22 bits per heavy atom. The summed E-state index contributed by atoms with van der Waals surface area (Å²) in [4.78, 5) is 9.64. The third kappa shape index (κ3) is 7.39. The van der Waals surface area contributed by atoms with Gasteiger partial charge in [0.1, 0.15) is 16.5 Å². The Labute approximate surface area is 181 Å². The van der Waals surface area contributed by atoms with E-state index in [4.69, 9.17) is 4.42 Å². The summed E-state index contributed by atoms with van der Waals surface area (Å²) in [6.45, 7) is 9.23. The predicted molar refractivity (Wildman–Crippen MR) is 118 cm³/mol. The number of hydrogen-bond acceptors (Lipinski definition) is 6. The van der Waals surface area contributed by atoms with Crippen LogP contribution in [0.4, 0.5) is 0 Å². The molecule has 0 radical (unpaired) electrons. The fraction of sp³-hybridized carbons (Fsp3) is 0.500. The zero-order chi connectivity index (χ0) is 19.2. The zero-order valence-corrected chi connectivity index (χ0v) is 19.8. The average molecular weight is 527 g/mol. The van der Waals surface area contributed by atoms with Crippen molar-refractivity contribution in [3.8, 4) is 0 Å². The summed E-state index contributed by atoms with van der Waals surface area (Å²) >= 11 is 1.25. The van der Waals surface area contributed by atoms with Crippen LogP contribution in [-0.2, 0) is 16.6 Å². The Balaban J connectivity index is 0.00000364. The largest absolute Gasteiger partial charge is 0.444 e. The number of guanidine groups is 1. The van der Waals surface area contributed by atoms with Crippen LogP contribution in [0.25, 0.3) is 0 Å². The first-order valence-corrected chi connectivity index (χ1v) is 10.6. The van der Waals surface area contributed by atoms with Gasteiger partial charge >= 0.3 is 0 Å². The minimum atomic E-state index is -3.46. The lowest BCUT2D eigenvalue weighted by atomic mass is 10.4. The SMILES string of the molecule is CCNC(=NCc1nc(C)c(C)o1)NCCNS(=O)(=O)c1ccc(C)s1.I. The molecule has 0 aliphatic rings. The van der Waals surface area contributed by atoms with E-state index >= 15 is 0 Å². The molecule has 2 aromatic rings. The number of aromatic nitrogens is 1. The predicted octanol–water partition coefficient (Wildman–Crippen LogP) is 2.31. The van der Waals surface area contributed by atoms with E-state index < -0.39 is 10.0 Å². The average Bonchev–Trinajstić information content (AvgIpc) is 3.15. The van der Waals surface area contributed by atoms with Gasteiger partial charge in [0.05, 0.1) is 5.69 Å². The van der Waals surface area contributed by atoms with Crippen LogP contribution in [-0.4, -0.2) is 39.0 Å². The van der Waals surface area contributed by atoms with Gasteiger partial charge in [0, 0.05) is 24.5 Å². The Kier molecular flexibility index (Phi) is 9.70. The van der Waals surface area contributed by atoms with Gasteiger partial charge in [-0.1, -0.05) is 0 Å². The zero-order valence-electron chi connectivity index (χ0n) is 15.8. The van der Waals surface area contributed by atoms with Crippen LogP contribution in [0.1, 0.15) is 29.1 Å². The molecule has 0 saturated carbocycles. The second-order valence-electron chi connectivity index (χ2n) is 5.63. The normalized spacial score (nSPS) is 11.9. The topological polar surface area (TPSA) is 109 Å². The first-order valence-electron chi connectivity index (χ1n) is 8.33. The van der Waals surface area contributed by atoms with Gasteiger partial charge in [0.15, 0.2) is 5.96 Å². The number of rotatable bonds is 8. The molecule has 152 valence electrons. The first-order chi connectivity index (χ1) is 12.3. The van der Waals surface area contributed by atoms with Crippen LogP contribution in [0.15, 0.2) is 25.8 Å². The van der Waals surface area contributed by atoms with E-state index in [9.17, 15) is 8.42 Å². The lowest BCUT2D eigenvalue weighted by Crippen LogP contribution is -2.41. The second kappa shape index (κ2) is 11.0. The maximum atomic E-state index is 12.2. The van der Waals surface area contributed by atoms with Gasteiger partial charge < -0.3 is 15.1 Å². The van der Waals surface area contributed by atoms with Gasteiger partial charge in [-0.2, -0.15) is 0 Å². The van der Waals surface area contributed by atoms with E-state index in [-0.39, 0.29) is 30.5 Å². The molecule has 0 bridgehead atoms. The third-order valence-corrected chi connectivity index (χ3v) is 6.43. The van der Waals surface area contributed by atoms with E-state index in [1.807, 2.05) is 27.7 Å². The van der Waals surface area contributed by atoms with Gasteiger partial charge in [-0.15, -0.1) is 35.3 Å². The van der Waals surface area contributed by atoms with Crippen molar-refractivity contribution in [2.45, 2.75) is 38.4 Å². The molecule has 0 fully saturated rings.